The van der Waals surface area contributed by atoms with Gasteiger partial charge in [-0.1, -0.05) is 0 Å². The van der Waals surface area contributed by atoms with E-state index in [9.17, 15) is 4.79 Å². The molecule has 2 aromatic heterocycles. The number of benzene rings is 2. The third kappa shape index (κ3) is 4.46. The van der Waals surface area contributed by atoms with Crippen LogP contribution < -0.4 is 24.8 Å². The summed E-state index contributed by atoms with van der Waals surface area (Å²) < 4.78 is 18.4. The standard InChI is InChI=1S/C24H22N6O4/c1-14-15(2)30(12-25-14)22-11-23(27-16(3)26-22)34-19-7-4-17(5-8-19)28-24(31)29-18-6-9-20-21(10-18)33-13-32-20/h4-12H,13H2,1-3H3,(H2,28,29,31). The SMILES string of the molecule is Cc1nc(Oc2ccc(NC(=O)Nc3ccc4c(c3)OCO4)cc2)cc(-n2cnc(C)c2C)n1. The quantitative estimate of drug-likeness (QED) is 0.444. The minimum absolute atomic E-state index is 0.179. The van der Waals surface area contributed by atoms with Crippen molar-refractivity contribution in [3.05, 3.63) is 72.1 Å². The number of carbonyl (C=O) groups is 1. The lowest BCUT2D eigenvalue weighted by Gasteiger charge is -2.11. The molecule has 2 N–H and O–H groups in total. The van der Waals surface area contributed by atoms with Gasteiger partial charge in [-0.25, -0.2) is 14.8 Å². The number of nitrogens with one attached hydrogen (secondary N) is 2. The molecule has 4 aromatic rings. The molecular weight excluding hydrogens is 436 g/mol. The van der Waals surface area contributed by atoms with Crippen molar-refractivity contribution in [3.63, 3.8) is 0 Å². The summed E-state index contributed by atoms with van der Waals surface area (Å²) in [6.07, 6.45) is 1.73. The topological polar surface area (TPSA) is 112 Å². The van der Waals surface area contributed by atoms with Gasteiger partial charge in [0.15, 0.2) is 11.5 Å². The van der Waals surface area contributed by atoms with Crippen molar-refractivity contribution in [1.82, 2.24) is 19.5 Å². The summed E-state index contributed by atoms with van der Waals surface area (Å²) >= 11 is 0. The third-order valence-electron chi connectivity index (χ3n) is 5.26. The third-order valence-corrected chi connectivity index (χ3v) is 5.26. The fourth-order valence-electron chi connectivity index (χ4n) is 3.43. The van der Waals surface area contributed by atoms with Crippen LogP contribution in [0.15, 0.2) is 54.9 Å². The number of anilines is 2. The lowest BCUT2D eigenvalue weighted by molar-refractivity contribution is 0.174. The fraction of sp³-hybridized carbons (Fsp3) is 0.167. The highest BCUT2D eigenvalue weighted by Gasteiger charge is 2.14. The predicted molar refractivity (Wildman–Crippen MR) is 125 cm³/mol. The van der Waals surface area contributed by atoms with E-state index in [1.807, 2.05) is 18.4 Å². The summed E-state index contributed by atoms with van der Waals surface area (Å²) in [5.74, 6) is 3.50. The molecule has 172 valence electrons. The van der Waals surface area contributed by atoms with Crippen LogP contribution in [0.5, 0.6) is 23.1 Å². The van der Waals surface area contributed by atoms with Gasteiger partial charge in [0, 0.05) is 29.2 Å². The molecule has 34 heavy (non-hydrogen) atoms. The average Bonchev–Trinajstić information content (AvgIpc) is 3.41. The Morgan fingerprint density at radius 1 is 0.941 bits per heavy atom. The Balaban J connectivity index is 1.24. The van der Waals surface area contributed by atoms with E-state index in [-0.39, 0.29) is 12.8 Å². The Labute approximate surface area is 195 Å². The van der Waals surface area contributed by atoms with E-state index in [0.717, 1.165) is 11.4 Å². The maximum Gasteiger partial charge on any atom is 0.323 e. The molecule has 0 saturated carbocycles. The Morgan fingerprint density at radius 2 is 1.68 bits per heavy atom. The first-order valence-electron chi connectivity index (χ1n) is 10.6. The van der Waals surface area contributed by atoms with Gasteiger partial charge < -0.3 is 24.8 Å². The number of fused-ring (bicyclic) bond motifs is 1. The maximum absolute atomic E-state index is 12.3. The lowest BCUT2D eigenvalue weighted by atomic mass is 10.3. The van der Waals surface area contributed by atoms with Gasteiger partial charge in [0.05, 0.1) is 5.69 Å². The number of ether oxygens (including phenoxy) is 3. The second-order valence-electron chi connectivity index (χ2n) is 7.67. The molecule has 10 nitrogen and oxygen atoms in total. The highest BCUT2D eigenvalue weighted by atomic mass is 16.7. The monoisotopic (exact) mass is 458 g/mol. The fourth-order valence-corrected chi connectivity index (χ4v) is 3.43. The van der Waals surface area contributed by atoms with Gasteiger partial charge in [0.1, 0.15) is 23.7 Å². The molecule has 0 saturated heterocycles. The smallest absolute Gasteiger partial charge is 0.323 e. The molecule has 2 aromatic carbocycles. The first-order chi connectivity index (χ1) is 16.4. The van der Waals surface area contributed by atoms with Crippen molar-refractivity contribution >= 4 is 17.4 Å². The molecular formula is C24H22N6O4. The van der Waals surface area contributed by atoms with Crippen molar-refractivity contribution in [2.45, 2.75) is 20.8 Å². The van der Waals surface area contributed by atoms with Crippen LogP contribution in [-0.4, -0.2) is 32.3 Å². The van der Waals surface area contributed by atoms with Gasteiger partial charge in [0.2, 0.25) is 12.7 Å². The van der Waals surface area contributed by atoms with Gasteiger partial charge in [-0.05, 0) is 57.2 Å². The van der Waals surface area contributed by atoms with Crippen molar-refractivity contribution < 1.29 is 19.0 Å². The van der Waals surface area contributed by atoms with Gasteiger partial charge >= 0.3 is 6.03 Å². The molecule has 1 aliphatic rings. The molecule has 10 heteroatoms. The summed E-state index contributed by atoms with van der Waals surface area (Å²) in [4.78, 5) is 25.5. The molecule has 5 rings (SSSR count). The maximum atomic E-state index is 12.3. The molecule has 0 bridgehead atoms. The number of hydrogen-bond donors (Lipinski definition) is 2. The van der Waals surface area contributed by atoms with Crippen LogP contribution in [-0.2, 0) is 0 Å². The molecule has 0 unspecified atom stereocenters. The van der Waals surface area contributed by atoms with E-state index in [2.05, 4.69) is 25.6 Å². The van der Waals surface area contributed by atoms with Crippen molar-refractivity contribution in [3.8, 4) is 28.9 Å². The number of aryl methyl sites for hydroxylation is 2. The second kappa shape index (κ2) is 8.74. The summed E-state index contributed by atoms with van der Waals surface area (Å²) in [6, 6.07) is 13.6. The van der Waals surface area contributed by atoms with E-state index in [1.54, 1.807) is 61.8 Å². The Hall–Kier alpha value is -4.60. The summed E-state index contributed by atoms with van der Waals surface area (Å²) in [6.45, 7) is 5.91. The first kappa shape index (κ1) is 21.3. The highest BCUT2D eigenvalue weighted by molar-refractivity contribution is 6.00. The largest absolute Gasteiger partial charge is 0.454 e. The van der Waals surface area contributed by atoms with Crippen LogP contribution >= 0.6 is 0 Å². The Bertz CT molecular complexity index is 1370. The summed E-state index contributed by atoms with van der Waals surface area (Å²) in [7, 11) is 0. The van der Waals surface area contributed by atoms with Crippen LogP contribution in [0.4, 0.5) is 16.2 Å². The van der Waals surface area contributed by atoms with Crippen LogP contribution in [0, 0.1) is 20.8 Å². The van der Waals surface area contributed by atoms with Crippen LogP contribution in [0.2, 0.25) is 0 Å². The van der Waals surface area contributed by atoms with Crippen molar-refractivity contribution in [1.29, 1.82) is 0 Å². The average molecular weight is 458 g/mol. The lowest BCUT2D eigenvalue weighted by Crippen LogP contribution is -2.19. The minimum atomic E-state index is -0.380. The van der Waals surface area contributed by atoms with E-state index in [1.165, 1.54) is 0 Å². The molecule has 3 heterocycles. The first-order valence-corrected chi connectivity index (χ1v) is 10.6. The number of rotatable bonds is 5. The molecule has 1 aliphatic heterocycles. The normalized spacial score (nSPS) is 11.9. The molecule has 0 radical (unpaired) electrons. The van der Waals surface area contributed by atoms with E-state index < -0.39 is 0 Å². The van der Waals surface area contributed by atoms with Crippen LogP contribution in [0.1, 0.15) is 17.2 Å². The highest BCUT2D eigenvalue weighted by Crippen LogP contribution is 2.34. The molecule has 2 amide bonds. The van der Waals surface area contributed by atoms with Gasteiger partial charge in [0.25, 0.3) is 0 Å². The Kier molecular flexibility index (Phi) is 5.46. The summed E-state index contributed by atoms with van der Waals surface area (Å²) in [5, 5.41) is 5.55. The zero-order chi connectivity index (χ0) is 23.7. The van der Waals surface area contributed by atoms with E-state index in [4.69, 9.17) is 14.2 Å². The number of hydrogen-bond acceptors (Lipinski definition) is 7. The Morgan fingerprint density at radius 3 is 2.44 bits per heavy atom. The molecule has 0 aliphatic carbocycles. The van der Waals surface area contributed by atoms with Gasteiger partial charge in [-0.3, -0.25) is 4.57 Å². The number of aromatic nitrogens is 4. The molecule has 0 atom stereocenters. The molecule has 0 spiro atoms. The number of amides is 2. The van der Waals surface area contributed by atoms with Crippen molar-refractivity contribution in [2.75, 3.05) is 17.4 Å². The number of nitrogens with zero attached hydrogens (tertiary/aromatic N) is 4. The number of carbonyl (C=O) groups excluding carboxylic acids is 1. The van der Waals surface area contributed by atoms with Crippen LogP contribution in [0.25, 0.3) is 5.82 Å². The zero-order valence-electron chi connectivity index (χ0n) is 18.8. The minimum Gasteiger partial charge on any atom is -0.454 e. The second-order valence-corrected chi connectivity index (χ2v) is 7.67. The number of urea groups is 1. The van der Waals surface area contributed by atoms with E-state index >= 15 is 0 Å². The van der Waals surface area contributed by atoms with Crippen LogP contribution in [0.3, 0.4) is 0 Å². The molecule has 0 fully saturated rings. The van der Waals surface area contributed by atoms with E-state index in [0.29, 0.717) is 46.1 Å². The summed E-state index contributed by atoms with van der Waals surface area (Å²) in [5.41, 5.74) is 3.14. The van der Waals surface area contributed by atoms with Crippen molar-refractivity contribution in [2.24, 2.45) is 0 Å². The predicted octanol–water partition coefficient (Wildman–Crippen LogP) is 4.75. The number of imidazole rings is 1. The van der Waals surface area contributed by atoms with Gasteiger partial charge in [-0.15, -0.1) is 0 Å². The zero-order valence-corrected chi connectivity index (χ0v) is 18.8. The van der Waals surface area contributed by atoms with Gasteiger partial charge in [-0.2, -0.15) is 4.98 Å².